The number of nitrogens with zero attached hydrogens (tertiary/aromatic N) is 1. The molecule has 0 radical (unpaired) electrons. The average Bonchev–Trinajstić information content (AvgIpc) is 2.86. The zero-order valence-electron chi connectivity index (χ0n) is 22.4. The van der Waals surface area contributed by atoms with Gasteiger partial charge in [-0.2, -0.15) is 0 Å². The van der Waals surface area contributed by atoms with Crippen LogP contribution in [0.1, 0.15) is 37.3 Å². The maximum absolute atomic E-state index is 13.9. The van der Waals surface area contributed by atoms with Gasteiger partial charge in [-0.15, -0.1) is 0 Å². The van der Waals surface area contributed by atoms with Crippen molar-refractivity contribution in [1.82, 2.24) is 10.2 Å². The molecule has 4 atom stereocenters. The second-order valence-corrected chi connectivity index (χ2v) is 11.1. The lowest BCUT2D eigenvalue weighted by molar-refractivity contribution is -0.153. The highest BCUT2D eigenvalue weighted by atomic mass is 35.5. The molecule has 1 fully saturated rings. The van der Waals surface area contributed by atoms with Crippen molar-refractivity contribution < 1.29 is 39.6 Å². The van der Waals surface area contributed by atoms with Crippen LogP contribution in [0.2, 0.25) is 5.02 Å². The molecule has 13 heteroatoms. The monoisotopic (exact) mass is 576 g/mol. The van der Waals surface area contributed by atoms with Gasteiger partial charge in [-0.3, -0.25) is 24.1 Å². The zero-order chi connectivity index (χ0) is 29.7. The highest BCUT2D eigenvalue weighted by Crippen LogP contribution is 2.54. The van der Waals surface area contributed by atoms with Gasteiger partial charge in [-0.25, -0.2) is 0 Å². The fourth-order valence-corrected chi connectivity index (χ4v) is 6.34. The number of ketones is 2. The van der Waals surface area contributed by atoms with E-state index in [2.05, 4.69) is 10.6 Å². The number of nitrogens with one attached hydrogen (secondary N) is 2. The van der Waals surface area contributed by atoms with E-state index in [-0.39, 0.29) is 41.2 Å². The van der Waals surface area contributed by atoms with E-state index in [4.69, 9.17) is 17.3 Å². The first-order valence-corrected chi connectivity index (χ1v) is 13.3. The maximum Gasteiger partial charge on any atom is 0.255 e. The van der Waals surface area contributed by atoms with Gasteiger partial charge in [0.25, 0.3) is 5.91 Å². The molecular formula is C27H33ClN4O8. The summed E-state index contributed by atoms with van der Waals surface area (Å²) in [6.45, 7) is 2.58. The second kappa shape index (κ2) is 10.8. The number of halogens is 1. The number of phenolic OH excluding ortho intramolecular Hbond substituents is 1. The number of anilines is 1. The molecule has 0 aliphatic heterocycles. The number of aliphatic hydroxyl groups excluding tert-OH is 2. The van der Waals surface area contributed by atoms with Gasteiger partial charge in [0.1, 0.15) is 22.8 Å². The maximum atomic E-state index is 13.9. The Kier molecular flexibility index (Phi) is 8.01. The number of likely N-dealkylation sites (N-methyl/N-ethyl adjacent to an activating group) is 1. The molecule has 2 unspecified atom stereocenters. The molecular weight excluding hydrogens is 544 g/mol. The van der Waals surface area contributed by atoms with E-state index < -0.39 is 69.7 Å². The van der Waals surface area contributed by atoms with Crippen molar-refractivity contribution in [3.05, 3.63) is 39.1 Å². The van der Waals surface area contributed by atoms with Crippen LogP contribution >= 0.6 is 11.6 Å². The largest absolute Gasteiger partial charge is 0.508 e. The summed E-state index contributed by atoms with van der Waals surface area (Å²) in [6, 6.07) is 0.297. The first-order valence-electron chi connectivity index (χ1n) is 13.0. The number of carbonyl (C=O) groups is 4. The third-order valence-corrected chi connectivity index (χ3v) is 8.22. The summed E-state index contributed by atoms with van der Waals surface area (Å²) < 4.78 is 0. The van der Waals surface area contributed by atoms with Crippen LogP contribution in [0.5, 0.6) is 5.75 Å². The minimum Gasteiger partial charge on any atom is -0.508 e. The number of carbonyl (C=O) groups excluding carboxylic acids is 4. The molecule has 3 aliphatic carbocycles. The number of fused-ring (bicyclic) bond motifs is 3. The molecule has 40 heavy (non-hydrogen) atoms. The first-order chi connectivity index (χ1) is 18.8. The average molecular weight is 577 g/mol. The Morgan fingerprint density at radius 1 is 1.23 bits per heavy atom. The fraction of sp³-hybridized carbons (Fsp3) is 0.481. The number of Topliss-reactive ketones (excluding diaryl/α,β-unsaturated/α-hetero) is 2. The molecule has 1 saturated carbocycles. The van der Waals surface area contributed by atoms with E-state index in [1.807, 2.05) is 6.92 Å². The Morgan fingerprint density at radius 2 is 1.90 bits per heavy atom. The highest BCUT2D eigenvalue weighted by Gasteiger charge is 2.64. The first kappa shape index (κ1) is 29.5. The summed E-state index contributed by atoms with van der Waals surface area (Å²) in [7, 11) is 3.06. The van der Waals surface area contributed by atoms with Gasteiger partial charge in [-0.1, -0.05) is 24.9 Å². The summed E-state index contributed by atoms with van der Waals surface area (Å²) in [5.74, 6) is -8.03. The number of unbranched alkanes of at least 4 members (excludes halogenated alkanes) is 1. The van der Waals surface area contributed by atoms with Crippen LogP contribution < -0.4 is 16.4 Å². The van der Waals surface area contributed by atoms with Crippen LogP contribution in [0.3, 0.4) is 0 Å². The quantitative estimate of drug-likeness (QED) is 0.133. The van der Waals surface area contributed by atoms with Crippen LogP contribution in [-0.4, -0.2) is 87.5 Å². The number of hydrogen-bond acceptors (Lipinski definition) is 10. The van der Waals surface area contributed by atoms with Crippen LogP contribution in [0.25, 0.3) is 5.76 Å². The molecule has 216 valence electrons. The predicted molar refractivity (Wildman–Crippen MR) is 146 cm³/mol. The van der Waals surface area contributed by atoms with E-state index in [1.54, 1.807) is 0 Å². The fourth-order valence-electron chi connectivity index (χ4n) is 6.07. The number of rotatable bonds is 8. The Bertz CT molecular complexity index is 1370. The number of aromatic hydroxyl groups is 1. The molecule has 3 aliphatic rings. The molecule has 1 aromatic rings. The number of aliphatic hydroxyl groups is 3. The van der Waals surface area contributed by atoms with E-state index in [0.29, 0.717) is 12.1 Å². The normalized spacial score (nSPS) is 26.0. The molecule has 12 nitrogen and oxygen atoms in total. The SMILES string of the molecule is CCCCNCC(=O)Nc1c(Cl)cc2c(c1O)C(O)=C1C(=O)[C@]3(O)C(O)=C(C(N)=O)C(=O)[C@@H](N(C)C)C3CC1C2. The van der Waals surface area contributed by atoms with Crippen LogP contribution in [-0.2, 0) is 25.6 Å². The molecule has 8 N–H and O–H groups in total. The minimum atomic E-state index is -2.73. The van der Waals surface area contributed by atoms with Gasteiger partial charge in [0.05, 0.1) is 23.2 Å². The summed E-state index contributed by atoms with van der Waals surface area (Å²) in [5, 5.41) is 50.4. The number of amides is 2. The molecule has 0 heterocycles. The van der Waals surface area contributed by atoms with Gasteiger partial charge in [0.2, 0.25) is 11.7 Å². The molecule has 0 bridgehead atoms. The third-order valence-electron chi connectivity index (χ3n) is 7.92. The van der Waals surface area contributed by atoms with E-state index in [0.717, 1.165) is 12.8 Å². The van der Waals surface area contributed by atoms with Crippen LogP contribution in [0, 0.1) is 11.8 Å². The standard InChI is InChI=1S/C27H33ClN4O8/c1-4-5-6-30-10-15(33)31-19-14(28)9-12-7-11-8-13-20(32(2)3)23(36)18(26(29)39)25(38)27(13,40)24(37)17(11)21(34)16(12)22(19)35/h9,11,13,20,30,34-35,38,40H,4-8,10H2,1-3H3,(H2,29,39)(H,31,33)/t11?,13?,20-,27-/m0/s1. The third kappa shape index (κ3) is 4.54. The van der Waals surface area contributed by atoms with Crippen molar-refractivity contribution in [2.24, 2.45) is 17.6 Å². The summed E-state index contributed by atoms with van der Waals surface area (Å²) in [6.07, 6.45) is 1.87. The Morgan fingerprint density at radius 3 is 2.50 bits per heavy atom. The molecule has 4 rings (SSSR count). The van der Waals surface area contributed by atoms with Gasteiger partial charge in [-0.05, 0) is 57.5 Å². The van der Waals surface area contributed by atoms with E-state index in [1.165, 1.54) is 25.1 Å². The summed E-state index contributed by atoms with van der Waals surface area (Å²) >= 11 is 6.39. The highest BCUT2D eigenvalue weighted by molar-refractivity contribution is 6.34. The van der Waals surface area contributed by atoms with Crippen molar-refractivity contribution >= 4 is 46.4 Å². The van der Waals surface area contributed by atoms with Crippen molar-refractivity contribution in [2.45, 2.75) is 44.2 Å². The van der Waals surface area contributed by atoms with Gasteiger partial charge >= 0.3 is 0 Å². The lowest BCUT2D eigenvalue weighted by atomic mass is 9.57. The van der Waals surface area contributed by atoms with Crippen molar-refractivity contribution in [1.29, 1.82) is 0 Å². The number of primary amides is 1. The molecule has 0 saturated heterocycles. The van der Waals surface area contributed by atoms with Crippen molar-refractivity contribution in [2.75, 3.05) is 32.5 Å². The van der Waals surface area contributed by atoms with Crippen molar-refractivity contribution in [3.63, 3.8) is 0 Å². The van der Waals surface area contributed by atoms with E-state index in [9.17, 15) is 39.6 Å². The van der Waals surface area contributed by atoms with Crippen molar-refractivity contribution in [3.8, 4) is 5.75 Å². The Labute approximate surface area is 235 Å². The molecule has 1 aromatic carbocycles. The number of nitrogens with two attached hydrogens (primary N) is 1. The smallest absolute Gasteiger partial charge is 0.255 e. The lowest BCUT2D eigenvalue weighted by Gasteiger charge is -2.50. The topological polar surface area (TPSA) is 203 Å². The summed E-state index contributed by atoms with van der Waals surface area (Å²) in [5.41, 5.74) is 1.49. The van der Waals surface area contributed by atoms with Crippen LogP contribution in [0.15, 0.2) is 23.0 Å². The molecule has 0 aromatic heterocycles. The van der Waals surface area contributed by atoms with Crippen LogP contribution in [0.4, 0.5) is 5.69 Å². The number of phenols is 1. The van der Waals surface area contributed by atoms with Gasteiger partial charge < -0.3 is 36.8 Å². The molecule has 2 amide bonds. The van der Waals surface area contributed by atoms with Gasteiger partial charge in [0, 0.05) is 11.5 Å². The van der Waals surface area contributed by atoms with Gasteiger partial charge in [0.15, 0.2) is 17.1 Å². The Hall–Kier alpha value is -3.45. The molecule has 0 spiro atoms. The summed E-state index contributed by atoms with van der Waals surface area (Å²) in [4.78, 5) is 52.9. The minimum absolute atomic E-state index is 0.0127. The second-order valence-electron chi connectivity index (χ2n) is 10.7. The van der Waals surface area contributed by atoms with E-state index >= 15 is 0 Å². The zero-order valence-corrected chi connectivity index (χ0v) is 23.1. The number of benzene rings is 1. The Balaban J connectivity index is 1.80. The predicted octanol–water partition coefficient (Wildman–Crippen LogP) is 0.946. The lowest BCUT2D eigenvalue weighted by Crippen LogP contribution is -2.65. The number of hydrogen-bond donors (Lipinski definition) is 7.